The third kappa shape index (κ3) is 4.97. The summed E-state index contributed by atoms with van der Waals surface area (Å²) < 4.78 is 23.3. The fourth-order valence-electron chi connectivity index (χ4n) is 3.13. The number of aromatic nitrogens is 1. The van der Waals surface area contributed by atoms with Crippen molar-refractivity contribution in [1.29, 1.82) is 0 Å². The van der Waals surface area contributed by atoms with Gasteiger partial charge in [-0.2, -0.15) is 0 Å². The molecule has 170 valence electrons. The monoisotopic (exact) mass is 441 g/mol. The quantitative estimate of drug-likeness (QED) is 0.293. The Labute approximate surface area is 186 Å². The maximum atomic E-state index is 11.9. The van der Waals surface area contributed by atoms with E-state index in [1.807, 2.05) is 6.07 Å². The lowest BCUT2D eigenvalue weighted by atomic mass is 10.2. The van der Waals surface area contributed by atoms with Crippen LogP contribution in [0.2, 0.25) is 0 Å². The Kier molecular flexibility index (Phi) is 7.27. The molecule has 0 amide bonds. The molecule has 1 heterocycles. The van der Waals surface area contributed by atoms with Gasteiger partial charge in [-0.15, -0.1) is 0 Å². The van der Waals surface area contributed by atoms with Crippen molar-refractivity contribution in [1.82, 2.24) is 4.57 Å². The first-order valence-electron chi connectivity index (χ1n) is 10.1. The Morgan fingerprint density at radius 3 is 2.25 bits per heavy atom. The van der Waals surface area contributed by atoms with Crippen molar-refractivity contribution in [2.24, 2.45) is 0 Å². The zero-order chi connectivity index (χ0) is 23.3. The van der Waals surface area contributed by atoms with Gasteiger partial charge >= 0.3 is 5.97 Å². The van der Waals surface area contributed by atoms with E-state index < -0.39 is 12.3 Å². The summed E-state index contributed by atoms with van der Waals surface area (Å²) in [6.07, 6.45) is -0.636. The van der Waals surface area contributed by atoms with Gasteiger partial charge in [0.15, 0.2) is 17.8 Å². The van der Waals surface area contributed by atoms with Crippen molar-refractivity contribution in [3.8, 4) is 28.9 Å². The van der Waals surface area contributed by atoms with E-state index in [9.17, 15) is 15.0 Å². The first-order chi connectivity index (χ1) is 15.3. The molecule has 1 aromatic heterocycles. The molecule has 8 heteroatoms. The van der Waals surface area contributed by atoms with Crippen LogP contribution >= 0.6 is 0 Å². The predicted molar refractivity (Wildman–Crippen MR) is 118 cm³/mol. The molecule has 0 aliphatic carbocycles. The largest absolute Gasteiger partial charge is 0.494 e. The Morgan fingerprint density at radius 1 is 0.969 bits per heavy atom. The molecule has 32 heavy (non-hydrogen) atoms. The molecule has 0 saturated carbocycles. The summed E-state index contributed by atoms with van der Waals surface area (Å²) in [5, 5.41) is 20.7. The SMILES string of the molecule is COc1cc(-n2c(O)c(C)c(C)c2O)ccc1OC(C)OCCOC(=O)c1ccccc1. The molecule has 1 unspecified atom stereocenters. The first kappa shape index (κ1) is 23.0. The van der Waals surface area contributed by atoms with Crippen LogP contribution in [-0.2, 0) is 9.47 Å². The van der Waals surface area contributed by atoms with E-state index in [4.69, 9.17) is 18.9 Å². The molecule has 3 rings (SSSR count). The number of carbonyl (C=O) groups is 1. The van der Waals surface area contributed by atoms with Crippen molar-refractivity contribution < 1.29 is 34.0 Å². The van der Waals surface area contributed by atoms with Gasteiger partial charge < -0.3 is 29.2 Å². The molecule has 0 saturated heterocycles. The normalized spacial score (nSPS) is 11.8. The number of methoxy groups -OCH3 is 1. The predicted octanol–water partition coefficient (Wildman–Crippen LogP) is 4.11. The zero-order valence-corrected chi connectivity index (χ0v) is 18.5. The average Bonchev–Trinajstić information content (AvgIpc) is 3.00. The van der Waals surface area contributed by atoms with E-state index in [1.165, 1.54) is 11.7 Å². The zero-order valence-electron chi connectivity index (χ0n) is 18.5. The van der Waals surface area contributed by atoms with Crippen LogP contribution in [0.5, 0.6) is 23.3 Å². The summed E-state index contributed by atoms with van der Waals surface area (Å²) in [5.74, 6) is 0.317. The van der Waals surface area contributed by atoms with Gasteiger partial charge in [-0.05, 0) is 45.0 Å². The summed E-state index contributed by atoms with van der Waals surface area (Å²) in [6, 6.07) is 13.7. The lowest BCUT2D eigenvalue weighted by Gasteiger charge is -2.18. The highest BCUT2D eigenvalue weighted by Gasteiger charge is 2.19. The second kappa shape index (κ2) is 10.1. The van der Waals surface area contributed by atoms with Crippen molar-refractivity contribution >= 4 is 5.97 Å². The number of carbonyl (C=O) groups excluding carboxylic acids is 1. The fourth-order valence-corrected chi connectivity index (χ4v) is 3.13. The second-order valence-corrected chi connectivity index (χ2v) is 7.13. The lowest BCUT2D eigenvalue weighted by Crippen LogP contribution is -2.20. The molecular formula is C24H27NO7. The smallest absolute Gasteiger partial charge is 0.338 e. The highest BCUT2D eigenvalue weighted by Crippen LogP contribution is 2.38. The Morgan fingerprint density at radius 2 is 1.62 bits per heavy atom. The van der Waals surface area contributed by atoms with Crippen LogP contribution in [0, 0.1) is 13.8 Å². The molecular weight excluding hydrogens is 414 g/mol. The molecule has 0 spiro atoms. The van der Waals surface area contributed by atoms with Crippen molar-refractivity contribution in [2.45, 2.75) is 27.1 Å². The molecule has 2 N–H and O–H groups in total. The standard InChI is InChI=1S/C24H27NO7/c1-15-16(2)23(27)25(22(15)26)19-10-11-20(21(14-19)29-4)32-17(3)30-12-13-31-24(28)18-8-6-5-7-9-18/h5-11,14,17,26-27H,12-13H2,1-4H3. The summed E-state index contributed by atoms with van der Waals surface area (Å²) in [5.41, 5.74) is 2.18. The maximum absolute atomic E-state index is 11.9. The molecule has 0 fully saturated rings. The number of ether oxygens (including phenoxy) is 4. The average molecular weight is 441 g/mol. The lowest BCUT2D eigenvalue weighted by molar-refractivity contribution is -0.0791. The van der Waals surface area contributed by atoms with Crippen molar-refractivity contribution in [3.63, 3.8) is 0 Å². The molecule has 0 aliphatic heterocycles. The minimum Gasteiger partial charge on any atom is -0.494 e. The van der Waals surface area contributed by atoms with Gasteiger partial charge in [0.25, 0.3) is 0 Å². The number of esters is 1. The third-order valence-electron chi connectivity index (χ3n) is 5.03. The van der Waals surface area contributed by atoms with Gasteiger partial charge in [-0.1, -0.05) is 18.2 Å². The van der Waals surface area contributed by atoms with E-state index >= 15 is 0 Å². The van der Waals surface area contributed by atoms with Crippen LogP contribution in [0.4, 0.5) is 0 Å². The van der Waals surface area contributed by atoms with Crippen molar-refractivity contribution in [2.75, 3.05) is 20.3 Å². The summed E-state index contributed by atoms with van der Waals surface area (Å²) in [6.45, 7) is 5.41. The molecule has 3 aromatic rings. The van der Waals surface area contributed by atoms with Gasteiger partial charge in [0.05, 0.1) is 25.0 Å². The van der Waals surface area contributed by atoms with E-state index in [0.717, 1.165) is 0 Å². The third-order valence-corrected chi connectivity index (χ3v) is 5.03. The molecule has 0 bridgehead atoms. The van der Waals surface area contributed by atoms with E-state index in [0.29, 0.717) is 33.9 Å². The summed E-state index contributed by atoms with van der Waals surface area (Å²) in [4.78, 5) is 11.9. The highest BCUT2D eigenvalue weighted by molar-refractivity contribution is 5.89. The molecule has 8 nitrogen and oxygen atoms in total. The Hall–Kier alpha value is -3.65. The molecule has 1 atom stereocenters. The van der Waals surface area contributed by atoms with Crippen LogP contribution in [0.1, 0.15) is 28.4 Å². The minimum absolute atomic E-state index is 0.0440. The topological polar surface area (TPSA) is 99.4 Å². The molecule has 0 aliphatic rings. The number of rotatable bonds is 9. The highest BCUT2D eigenvalue weighted by atomic mass is 16.7. The Bertz CT molecular complexity index is 1050. The number of aromatic hydroxyl groups is 2. The Balaban J connectivity index is 1.59. The number of benzene rings is 2. The van der Waals surface area contributed by atoms with E-state index in [2.05, 4.69) is 0 Å². The second-order valence-electron chi connectivity index (χ2n) is 7.13. The minimum atomic E-state index is -0.636. The number of hydrogen-bond acceptors (Lipinski definition) is 7. The van der Waals surface area contributed by atoms with Gasteiger partial charge in [0.2, 0.25) is 11.8 Å². The van der Waals surface area contributed by atoms with Gasteiger partial charge in [0.1, 0.15) is 6.61 Å². The van der Waals surface area contributed by atoms with Gasteiger partial charge in [0, 0.05) is 17.2 Å². The van der Waals surface area contributed by atoms with E-state index in [-0.39, 0.29) is 25.0 Å². The first-order valence-corrected chi connectivity index (χ1v) is 10.1. The summed E-state index contributed by atoms with van der Waals surface area (Å²) in [7, 11) is 1.49. The van der Waals surface area contributed by atoms with Crippen LogP contribution in [0.15, 0.2) is 48.5 Å². The van der Waals surface area contributed by atoms with E-state index in [1.54, 1.807) is 63.2 Å². The number of hydrogen-bond donors (Lipinski definition) is 2. The molecule has 0 radical (unpaired) electrons. The van der Waals surface area contributed by atoms with Crippen LogP contribution in [-0.4, -0.2) is 47.4 Å². The number of nitrogens with zero attached hydrogens (tertiary/aromatic N) is 1. The van der Waals surface area contributed by atoms with Gasteiger partial charge in [-0.3, -0.25) is 4.57 Å². The van der Waals surface area contributed by atoms with Crippen LogP contribution in [0.3, 0.4) is 0 Å². The maximum Gasteiger partial charge on any atom is 0.338 e. The van der Waals surface area contributed by atoms with Crippen LogP contribution < -0.4 is 9.47 Å². The fraction of sp³-hybridized carbons (Fsp3) is 0.292. The van der Waals surface area contributed by atoms with Crippen LogP contribution in [0.25, 0.3) is 5.69 Å². The molecule has 2 aromatic carbocycles. The summed E-state index contributed by atoms with van der Waals surface area (Å²) >= 11 is 0. The van der Waals surface area contributed by atoms with Gasteiger partial charge in [-0.25, -0.2) is 4.79 Å². The van der Waals surface area contributed by atoms with Crippen molar-refractivity contribution in [3.05, 3.63) is 65.2 Å².